The van der Waals surface area contributed by atoms with Crippen LogP contribution in [0.3, 0.4) is 0 Å². The number of nitrogens with one attached hydrogen (secondary N) is 1. The highest BCUT2D eigenvalue weighted by Crippen LogP contribution is 2.28. The SMILES string of the molecule is C=CC(=O)OCCCC(C)(CC)C(=O)NCC(C)(C)OC(=O)C=C. The highest BCUT2D eigenvalue weighted by atomic mass is 16.6. The van der Waals surface area contributed by atoms with Crippen LogP contribution in [0.1, 0.15) is 47.0 Å². The van der Waals surface area contributed by atoms with Crippen molar-refractivity contribution in [3.05, 3.63) is 25.3 Å². The number of amides is 1. The van der Waals surface area contributed by atoms with E-state index in [2.05, 4.69) is 18.5 Å². The predicted octanol–water partition coefficient (Wildman–Crippen LogP) is 2.54. The van der Waals surface area contributed by atoms with Gasteiger partial charge in [0.1, 0.15) is 5.60 Å². The normalized spacial score (nSPS) is 13.3. The van der Waals surface area contributed by atoms with Crippen molar-refractivity contribution in [2.75, 3.05) is 13.2 Å². The molecule has 0 aromatic carbocycles. The summed E-state index contributed by atoms with van der Waals surface area (Å²) in [5.41, 5.74) is -1.41. The summed E-state index contributed by atoms with van der Waals surface area (Å²) in [6.07, 6.45) is 3.99. The quantitative estimate of drug-likeness (QED) is 0.355. The Morgan fingerprint density at radius 1 is 1.08 bits per heavy atom. The van der Waals surface area contributed by atoms with Crippen molar-refractivity contribution in [2.45, 2.75) is 52.6 Å². The summed E-state index contributed by atoms with van der Waals surface area (Å²) in [5.74, 6) is -1.12. The second kappa shape index (κ2) is 9.90. The van der Waals surface area contributed by atoms with Gasteiger partial charge in [0.15, 0.2) is 0 Å². The minimum atomic E-state index is -0.824. The molecule has 1 atom stereocenters. The summed E-state index contributed by atoms with van der Waals surface area (Å²) in [7, 11) is 0. The Morgan fingerprint density at radius 3 is 2.17 bits per heavy atom. The van der Waals surface area contributed by atoms with Gasteiger partial charge in [-0.1, -0.05) is 27.0 Å². The van der Waals surface area contributed by atoms with Crippen LogP contribution in [0.5, 0.6) is 0 Å². The molecule has 0 aromatic heterocycles. The Labute approximate surface area is 144 Å². The van der Waals surface area contributed by atoms with Crippen molar-refractivity contribution in [1.82, 2.24) is 5.32 Å². The van der Waals surface area contributed by atoms with Gasteiger partial charge in [-0.25, -0.2) is 9.59 Å². The van der Waals surface area contributed by atoms with Gasteiger partial charge in [-0.2, -0.15) is 0 Å². The van der Waals surface area contributed by atoms with Gasteiger partial charge in [-0.05, 0) is 33.1 Å². The molecule has 6 heteroatoms. The van der Waals surface area contributed by atoms with Crippen molar-refractivity contribution < 1.29 is 23.9 Å². The standard InChI is InChI=1S/C18H29NO5/c1-7-14(20)23-12-10-11-18(6,9-3)16(22)19-13-17(4,5)24-15(21)8-2/h7-8H,1-2,9-13H2,3-6H3,(H,19,22). The lowest BCUT2D eigenvalue weighted by Gasteiger charge is -2.30. The van der Waals surface area contributed by atoms with Crippen LogP contribution in [-0.2, 0) is 23.9 Å². The van der Waals surface area contributed by atoms with Crippen molar-refractivity contribution in [2.24, 2.45) is 5.41 Å². The molecule has 136 valence electrons. The van der Waals surface area contributed by atoms with Crippen LogP contribution in [0.4, 0.5) is 0 Å². The van der Waals surface area contributed by atoms with Crippen LogP contribution in [0.2, 0.25) is 0 Å². The lowest BCUT2D eigenvalue weighted by Crippen LogP contribution is -2.46. The fourth-order valence-corrected chi connectivity index (χ4v) is 2.00. The average molecular weight is 339 g/mol. The molecule has 0 aliphatic heterocycles. The third-order valence-corrected chi connectivity index (χ3v) is 3.83. The Morgan fingerprint density at radius 2 is 1.67 bits per heavy atom. The lowest BCUT2D eigenvalue weighted by atomic mass is 9.81. The van der Waals surface area contributed by atoms with E-state index < -0.39 is 23.0 Å². The minimum absolute atomic E-state index is 0.122. The Kier molecular flexibility index (Phi) is 9.03. The third-order valence-electron chi connectivity index (χ3n) is 3.83. The monoisotopic (exact) mass is 339 g/mol. The topological polar surface area (TPSA) is 81.7 Å². The Balaban J connectivity index is 4.50. The van der Waals surface area contributed by atoms with E-state index in [0.717, 1.165) is 12.2 Å². The van der Waals surface area contributed by atoms with Crippen molar-refractivity contribution in [3.8, 4) is 0 Å². The van der Waals surface area contributed by atoms with Crippen molar-refractivity contribution >= 4 is 17.8 Å². The highest BCUT2D eigenvalue weighted by Gasteiger charge is 2.32. The van der Waals surface area contributed by atoms with Gasteiger partial charge in [0.05, 0.1) is 13.2 Å². The van der Waals surface area contributed by atoms with E-state index in [1.807, 2.05) is 13.8 Å². The van der Waals surface area contributed by atoms with Gasteiger partial charge in [-0.15, -0.1) is 0 Å². The smallest absolute Gasteiger partial charge is 0.330 e. The summed E-state index contributed by atoms with van der Waals surface area (Å²) in [4.78, 5) is 34.8. The van der Waals surface area contributed by atoms with Crippen molar-refractivity contribution in [1.29, 1.82) is 0 Å². The maximum Gasteiger partial charge on any atom is 0.330 e. The van der Waals surface area contributed by atoms with Crippen LogP contribution in [0.25, 0.3) is 0 Å². The maximum atomic E-state index is 12.5. The molecule has 0 aliphatic carbocycles. The van der Waals surface area contributed by atoms with Gasteiger partial charge >= 0.3 is 11.9 Å². The zero-order valence-corrected chi connectivity index (χ0v) is 15.1. The zero-order chi connectivity index (χ0) is 18.8. The van der Waals surface area contributed by atoms with Crippen LogP contribution in [0, 0.1) is 5.41 Å². The number of hydrogen-bond acceptors (Lipinski definition) is 5. The van der Waals surface area contributed by atoms with Crippen LogP contribution < -0.4 is 5.32 Å². The fourth-order valence-electron chi connectivity index (χ4n) is 2.00. The lowest BCUT2D eigenvalue weighted by molar-refractivity contribution is -0.151. The zero-order valence-electron chi connectivity index (χ0n) is 15.1. The summed E-state index contributed by atoms with van der Waals surface area (Å²) >= 11 is 0. The molecule has 0 saturated carbocycles. The average Bonchev–Trinajstić information content (AvgIpc) is 2.55. The predicted molar refractivity (Wildman–Crippen MR) is 92.2 cm³/mol. The number of carbonyl (C=O) groups excluding carboxylic acids is 3. The van der Waals surface area contributed by atoms with E-state index in [4.69, 9.17) is 9.47 Å². The second-order valence-corrected chi connectivity index (χ2v) is 6.46. The molecular weight excluding hydrogens is 310 g/mol. The Bertz CT molecular complexity index is 484. The molecule has 0 aliphatic rings. The largest absolute Gasteiger partial charge is 0.463 e. The molecular formula is C18H29NO5. The second-order valence-electron chi connectivity index (χ2n) is 6.46. The first kappa shape index (κ1) is 21.9. The van der Waals surface area contributed by atoms with E-state index in [-0.39, 0.29) is 19.1 Å². The van der Waals surface area contributed by atoms with E-state index in [0.29, 0.717) is 19.3 Å². The Hall–Kier alpha value is -2.11. The van der Waals surface area contributed by atoms with E-state index >= 15 is 0 Å². The van der Waals surface area contributed by atoms with Crippen LogP contribution in [-0.4, -0.2) is 36.6 Å². The summed E-state index contributed by atoms with van der Waals surface area (Å²) < 4.78 is 10.1. The molecule has 0 radical (unpaired) electrons. The van der Waals surface area contributed by atoms with E-state index in [1.54, 1.807) is 13.8 Å². The molecule has 1 unspecified atom stereocenters. The number of carbonyl (C=O) groups is 3. The molecule has 1 N–H and O–H groups in total. The molecule has 0 fully saturated rings. The van der Waals surface area contributed by atoms with Gasteiger partial charge in [0.2, 0.25) is 5.91 Å². The molecule has 0 rings (SSSR count). The minimum Gasteiger partial charge on any atom is -0.463 e. The van der Waals surface area contributed by atoms with Gasteiger partial charge < -0.3 is 14.8 Å². The molecule has 0 heterocycles. The van der Waals surface area contributed by atoms with Gasteiger partial charge in [0.25, 0.3) is 0 Å². The molecule has 0 aromatic rings. The number of rotatable bonds is 11. The third kappa shape index (κ3) is 7.94. The fraction of sp³-hybridized carbons (Fsp3) is 0.611. The van der Waals surface area contributed by atoms with Gasteiger partial charge in [-0.3, -0.25) is 4.79 Å². The number of ether oxygens (including phenoxy) is 2. The highest BCUT2D eigenvalue weighted by molar-refractivity contribution is 5.83. The number of hydrogen-bond donors (Lipinski definition) is 1. The number of esters is 2. The molecule has 0 bridgehead atoms. The van der Waals surface area contributed by atoms with Gasteiger partial charge in [0, 0.05) is 17.6 Å². The molecule has 6 nitrogen and oxygen atoms in total. The van der Waals surface area contributed by atoms with Crippen LogP contribution in [0.15, 0.2) is 25.3 Å². The first-order valence-corrected chi connectivity index (χ1v) is 8.03. The van der Waals surface area contributed by atoms with Crippen LogP contribution >= 0.6 is 0 Å². The molecule has 1 amide bonds. The summed E-state index contributed by atoms with van der Waals surface area (Å²) in [6.45, 7) is 14.3. The maximum absolute atomic E-state index is 12.5. The molecule has 24 heavy (non-hydrogen) atoms. The molecule has 0 spiro atoms. The first-order valence-electron chi connectivity index (χ1n) is 8.03. The van der Waals surface area contributed by atoms with E-state index in [9.17, 15) is 14.4 Å². The summed E-state index contributed by atoms with van der Waals surface area (Å²) in [6, 6.07) is 0. The molecule has 0 saturated heterocycles. The van der Waals surface area contributed by atoms with Crippen molar-refractivity contribution in [3.63, 3.8) is 0 Å². The first-order chi connectivity index (χ1) is 11.1. The van der Waals surface area contributed by atoms with E-state index in [1.165, 1.54) is 0 Å². The summed E-state index contributed by atoms with van der Waals surface area (Å²) in [5, 5.41) is 2.83.